The van der Waals surface area contributed by atoms with Crippen LogP contribution in [0.25, 0.3) is 0 Å². The summed E-state index contributed by atoms with van der Waals surface area (Å²) in [5.41, 5.74) is 0.322. The molecule has 0 spiro atoms. The molecule has 76 valence electrons. The molecule has 0 saturated carbocycles. The third-order valence-corrected chi connectivity index (χ3v) is 1.85. The van der Waals surface area contributed by atoms with Crippen molar-refractivity contribution in [3.63, 3.8) is 0 Å². The predicted octanol–water partition coefficient (Wildman–Crippen LogP) is -0.247. The maximum absolute atomic E-state index is 10.4. The molecular weight excluding hydrogens is 188 g/mol. The van der Waals surface area contributed by atoms with Crippen LogP contribution in [0.1, 0.15) is 11.7 Å². The second kappa shape index (κ2) is 4.64. The second-order valence-electron chi connectivity index (χ2n) is 2.77. The van der Waals surface area contributed by atoms with Crippen molar-refractivity contribution in [3.05, 3.63) is 40.2 Å². The molecule has 0 aliphatic heterocycles. The van der Waals surface area contributed by atoms with Crippen LogP contribution in [0.15, 0.2) is 24.5 Å². The van der Waals surface area contributed by atoms with E-state index in [9.17, 15) is 15.2 Å². The van der Waals surface area contributed by atoms with E-state index in [1.165, 1.54) is 18.5 Å². The molecule has 0 radical (unpaired) electrons. The molecule has 1 aromatic heterocycles. The standard InChI is InChI=1S/C8H10N2O4/c11-5-7(10(13)14)8(12)6-2-1-3-9-4-6/h1-4,7-8,11-12H,5H2/t7-,8-/m0/s1. The fourth-order valence-corrected chi connectivity index (χ4v) is 1.05. The Morgan fingerprint density at radius 1 is 1.64 bits per heavy atom. The SMILES string of the molecule is O=[N+]([O-])[C@@H](CO)[C@@H](O)c1cccnc1. The van der Waals surface area contributed by atoms with Crippen molar-refractivity contribution in [3.8, 4) is 0 Å². The van der Waals surface area contributed by atoms with E-state index in [1.807, 2.05) is 0 Å². The lowest BCUT2D eigenvalue weighted by molar-refractivity contribution is -0.539. The number of aromatic nitrogens is 1. The Kier molecular flexibility index (Phi) is 3.49. The molecular formula is C8H10N2O4. The minimum Gasteiger partial charge on any atom is -0.389 e. The molecule has 0 aliphatic rings. The molecule has 0 amide bonds. The molecule has 0 fully saturated rings. The molecule has 2 N–H and O–H groups in total. The normalized spacial score (nSPS) is 14.7. The average molecular weight is 198 g/mol. The molecule has 1 heterocycles. The highest BCUT2D eigenvalue weighted by molar-refractivity contribution is 5.12. The van der Waals surface area contributed by atoms with Gasteiger partial charge in [-0.3, -0.25) is 15.1 Å². The number of rotatable bonds is 4. The number of nitro groups is 1. The second-order valence-corrected chi connectivity index (χ2v) is 2.77. The van der Waals surface area contributed by atoms with Gasteiger partial charge < -0.3 is 10.2 Å². The van der Waals surface area contributed by atoms with Gasteiger partial charge in [-0.1, -0.05) is 6.07 Å². The summed E-state index contributed by atoms with van der Waals surface area (Å²) in [5, 5.41) is 28.6. The summed E-state index contributed by atoms with van der Waals surface area (Å²) >= 11 is 0. The Labute approximate surface area is 80.0 Å². The fraction of sp³-hybridized carbons (Fsp3) is 0.375. The number of aliphatic hydroxyl groups is 2. The first kappa shape index (κ1) is 10.6. The first-order valence-electron chi connectivity index (χ1n) is 3.99. The molecule has 0 saturated heterocycles. The number of aliphatic hydroxyl groups excluding tert-OH is 2. The zero-order valence-corrected chi connectivity index (χ0v) is 7.28. The topological polar surface area (TPSA) is 96.5 Å². The Morgan fingerprint density at radius 3 is 2.79 bits per heavy atom. The number of pyridine rings is 1. The first-order chi connectivity index (χ1) is 6.66. The Hall–Kier alpha value is -1.53. The van der Waals surface area contributed by atoms with Crippen LogP contribution in [0.2, 0.25) is 0 Å². The van der Waals surface area contributed by atoms with Gasteiger partial charge in [-0.25, -0.2) is 0 Å². The van der Waals surface area contributed by atoms with Crippen LogP contribution in [0.5, 0.6) is 0 Å². The maximum atomic E-state index is 10.4. The van der Waals surface area contributed by atoms with Crippen molar-refractivity contribution >= 4 is 0 Å². The lowest BCUT2D eigenvalue weighted by Crippen LogP contribution is -2.31. The van der Waals surface area contributed by atoms with Gasteiger partial charge in [-0.15, -0.1) is 0 Å². The Bertz CT molecular complexity index is 303. The zero-order chi connectivity index (χ0) is 10.6. The highest BCUT2D eigenvalue weighted by Crippen LogP contribution is 2.16. The van der Waals surface area contributed by atoms with Crippen molar-refractivity contribution in [1.29, 1.82) is 0 Å². The van der Waals surface area contributed by atoms with E-state index in [4.69, 9.17) is 5.11 Å². The van der Waals surface area contributed by atoms with Gasteiger partial charge in [-0.05, 0) is 6.07 Å². The maximum Gasteiger partial charge on any atom is 0.265 e. The van der Waals surface area contributed by atoms with E-state index < -0.39 is 23.7 Å². The highest BCUT2D eigenvalue weighted by Gasteiger charge is 2.30. The van der Waals surface area contributed by atoms with Gasteiger partial charge in [0.25, 0.3) is 6.04 Å². The van der Waals surface area contributed by atoms with Crippen molar-refractivity contribution in [2.45, 2.75) is 12.1 Å². The third kappa shape index (κ3) is 2.24. The molecule has 2 atom stereocenters. The van der Waals surface area contributed by atoms with E-state index in [1.54, 1.807) is 6.07 Å². The van der Waals surface area contributed by atoms with E-state index >= 15 is 0 Å². The summed E-state index contributed by atoms with van der Waals surface area (Å²) < 4.78 is 0. The van der Waals surface area contributed by atoms with Crippen LogP contribution >= 0.6 is 0 Å². The van der Waals surface area contributed by atoms with Gasteiger partial charge in [0.2, 0.25) is 0 Å². The van der Waals surface area contributed by atoms with Crippen molar-refractivity contribution < 1.29 is 15.1 Å². The molecule has 6 heteroatoms. The van der Waals surface area contributed by atoms with Crippen LogP contribution in [-0.4, -0.2) is 32.8 Å². The number of hydrogen-bond acceptors (Lipinski definition) is 5. The summed E-state index contributed by atoms with van der Waals surface area (Å²) in [4.78, 5) is 13.4. The average Bonchev–Trinajstić information content (AvgIpc) is 2.19. The minimum atomic E-state index is -1.40. The molecule has 0 aliphatic carbocycles. The minimum absolute atomic E-state index is 0.322. The van der Waals surface area contributed by atoms with E-state index in [2.05, 4.69) is 4.98 Å². The summed E-state index contributed by atoms with van der Waals surface area (Å²) in [6.45, 7) is -0.705. The third-order valence-electron chi connectivity index (χ3n) is 1.85. The Balaban J connectivity index is 2.83. The largest absolute Gasteiger partial charge is 0.389 e. The van der Waals surface area contributed by atoms with Gasteiger partial charge in [0.05, 0.1) is 0 Å². The lowest BCUT2D eigenvalue weighted by Gasteiger charge is -2.13. The van der Waals surface area contributed by atoms with Gasteiger partial charge in [-0.2, -0.15) is 0 Å². The Morgan fingerprint density at radius 2 is 2.36 bits per heavy atom. The quantitative estimate of drug-likeness (QED) is 0.513. The fourth-order valence-electron chi connectivity index (χ4n) is 1.05. The monoisotopic (exact) mass is 198 g/mol. The van der Waals surface area contributed by atoms with Crippen LogP contribution in [-0.2, 0) is 0 Å². The summed E-state index contributed by atoms with van der Waals surface area (Å²) in [6, 6.07) is 1.68. The molecule has 1 aromatic rings. The zero-order valence-electron chi connectivity index (χ0n) is 7.28. The molecule has 14 heavy (non-hydrogen) atoms. The smallest absolute Gasteiger partial charge is 0.265 e. The lowest BCUT2D eigenvalue weighted by atomic mass is 10.1. The van der Waals surface area contributed by atoms with Crippen molar-refractivity contribution in [2.24, 2.45) is 0 Å². The molecule has 0 aromatic carbocycles. The molecule has 1 rings (SSSR count). The van der Waals surface area contributed by atoms with Gasteiger partial charge in [0.1, 0.15) is 12.7 Å². The molecule has 0 unspecified atom stereocenters. The predicted molar refractivity (Wildman–Crippen MR) is 47.1 cm³/mol. The highest BCUT2D eigenvalue weighted by atomic mass is 16.6. The molecule has 6 nitrogen and oxygen atoms in total. The van der Waals surface area contributed by atoms with E-state index in [0.717, 1.165) is 0 Å². The van der Waals surface area contributed by atoms with Gasteiger partial charge >= 0.3 is 0 Å². The summed E-state index contributed by atoms with van der Waals surface area (Å²) in [5.74, 6) is 0. The van der Waals surface area contributed by atoms with Crippen LogP contribution < -0.4 is 0 Å². The van der Waals surface area contributed by atoms with Crippen molar-refractivity contribution in [1.82, 2.24) is 4.98 Å². The van der Waals surface area contributed by atoms with Crippen LogP contribution in [0, 0.1) is 10.1 Å². The number of hydrogen-bond donors (Lipinski definition) is 2. The van der Waals surface area contributed by atoms with Crippen LogP contribution in [0.3, 0.4) is 0 Å². The van der Waals surface area contributed by atoms with Crippen LogP contribution in [0.4, 0.5) is 0 Å². The number of nitrogens with zero attached hydrogens (tertiary/aromatic N) is 2. The first-order valence-corrected chi connectivity index (χ1v) is 3.99. The van der Waals surface area contributed by atoms with Gasteiger partial charge in [0, 0.05) is 22.9 Å². The molecule has 0 bridgehead atoms. The summed E-state index contributed by atoms with van der Waals surface area (Å²) in [6.07, 6.45) is 1.50. The van der Waals surface area contributed by atoms with Crippen molar-refractivity contribution in [2.75, 3.05) is 6.61 Å². The van der Waals surface area contributed by atoms with E-state index in [0.29, 0.717) is 5.56 Å². The summed E-state index contributed by atoms with van der Waals surface area (Å²) in [7, 11) is 0. The van der Waals surface area contributed by atoms with Gasteiger partial charge in [0.15, 0.2) is 0 Å². The van der Waals surface area contributed by atoms with E-state index in [-0.39, 0.29) is 0 Å².